The van der Waals surface area contributed by atoms with Gasteiger partial charge in [0.25, 0.3) is 0 Å². The van der Waals surface area contributed by atoms with Crippen molar-refractivity contribution in [2.24, 2.45) is 0 Å². The third-order valence-electron chi connectivity index (χ3n) is 4.42. The maximum absolute atomic E-state index is 13.7. The second-order valence-corrected chi connectivity index (χ2v) is 9.45. The van der Waals surface area contributed by atoms with E-state index in [-0.39, 0.29) is 22.8 Å². The molecule has 178 valence electrons. The Kier molecular flexibility index (Phi) is 7.10. The number of nitrogens with zero attached hydrogens (tertiary/aromatic N) is 3. The molecule has 2 aromatic heterocycles. The molecule has 0 atom stereocenters. The first-order chi connectivity index (χ1) is 15.2. The molecule has 2 heterocycles. The van der Waals surface area contributed by atoms with Gasteiger partial charge in [-0.05, 0) is 61.9 Å². The minimum atomic E-state index is -4.49. The van der Waals surface area contributed by atoms with Crippen LogP contribution in [0.4, 0.5) is 28.0 Å². The van der Waals surface area contributed by atoms with E-state index in [0.717, 1.165) is 4.90 Å². The van der Waals surface area contributed by atoms with Crippen molar-refractivity contribution in [2.45, 2.75) is 45.9 Å². The van der Waals surface area contributed by atoms with E-state index in [4.69, 9.17) is 9.47 Å². The number of fused-ring (bicyclic) bond motifs is 1. The van der Waals surface area contributed by atoms with Crippen molar-refractivity contribution >= 4 is 40.0 Å². The molecule has 33 heavy (non-hydrogen) atoms. The van der Waals surface area contributed by atoms with E-state index in [1.807, 2.05) is 22.6 Å². The van der Waals surface area contributed by atoms with Gasteiger partial charge in [0.15, 0.2) is 5.65 Å². The van der Waals surface area contributed by atoms with Crippen molar-refractivity contribution in [1.82, 2.24) is 9.38 Å². The quantitative estimate of drug-likeness (QED) is 0.245. The summed E-state index contributed by atoms with van der Waals surface area (Å²) in [7, 11) is 0. The lowest BCUT2D eigenvalue weighted by Crippen LogP contribution is -2.39. The number of alkyl halides is 3. The Bertz CT molecular complexity index is 1170. The lowest BCUT2D eigenvalue weighted by atomic mass is 10.2. The second kappa shape index (κ2) is 9.35. The number of carbonyl (C=O) groups is 1. The van der Waals surface area contributed by atoms with Crippen LogP contribution in [0, 0.1) is 16.4 Å². The van der Waals surface area contributed by atoms with Crippen LogP contribution < -0.4 is 9.64 Å². The van der Waals surface area contributed by atoms with Crippen molar-refractivity contribution in [2.75, 3.05) is 11.4 Å². The van der Waals surface area contributed by atoms with Crippen LogP contribution in [0.3, 0.4) is 0 Å². The first-order valence-electron chi connectivity index (χ1n) is 9.91. The standard InChI is InChI=1S/C22H22F4IN3O3/c1-13-5-6-14(23)9-17(13)32-15-10-16(19-28-11-18(27)30(19)12-15)29(8-7-22(24,25)26)20(31)33-21(2,3)4/h5-6,9-12H,7-8H2,1-4H3. The largest absolute Gasteiger partial charge is 0.455 e. The number of imidazole rings is 1. The Morgan fingerprint density at radius 1 is 1.21 bits per heavy atom. The molecule has 0 aliphatic carbocycles. The molecule has 1 aromatic carbocycles. The normalized spacial score (nSPS) is 12.2. The number of benzene rings is 1. The molecule has 0 saturated carbocycles. The zero-order valence-corrected chi connectivity index (χ0v) is 20.5. The summed E-state index contributed by atoms with van der Waals surface area (Å²) in [5, 5.41) is 0. The van der Waals surface area contributed by atoms with Gasteiger partial charge in [-0.15, -0.1) is 0 Å². The van der Waals surface area contributed by atoms with Gasteiger partial charge >= 0.3 is 12.3 Å². The summed E-state index contributed by atoms with van der Waals surface area (Å²) in [6, 6.07) is 5.43. The molecule has 0 saturated heterocycles. The van der Waals surface area contributed by atoms with Gasteiger partial charge in [0, 0.05) is 18.7 Å². The molecular weight excluding hydrogens is 557 g/mol. The van der Waals surface area contributed by atoms with Gasteiger partial charge in [-0.3, -0.25) is 9.30 Å². The molecule has 0 N–H and O–H groups in total. The minimum Gasteiger partial charge on any atom is -0.455 e. The van der Waals surface area contributed by atoms with E-state index < -0.39 is 36.7 Å². The molecule has 1 amide bonds. The van der Waals surface area contributed by atoms with Crippen LogP contribution in [0.5, 0.6) is 11.5 Å². The minimum absolute atomic E-state index is 0.0722. The molecule has 11 heteroatoms. The van der Waals surface area contributed by atoms with Gasteiger partial charge in [0.2, 0.25) is 0 Å². The van der Waals surface area contributed by atoms with E-state index >= 15 is 0 Å². The van der Waals surface area contributed by atoms with Gasteiger partial charge in [-0.1, -0.05) is 6.07 Å². The first-order valence-corrected chi connectivity index (χ1v) is 11.0. The molecule has 0 aliphatic heterocycles. The summed E-state index contributed by atoms with van der Waals surface area (Å²) in [6.45, 7) is 5.90. The fourth-order valence-corrected chi connectivity index (χ4v) is 3.45. The van der Waals surface area contributed by atoms with Crippen LogP contribution in [0.1, 0.15) is 32.8 Å². The third-order valence-corrected chi connectivity index (χ3v) is 5.22. The van der Waals surface area contributed by atoms with E-state index in [2.05, 4.69) is 4.98 Å². The van der Waals surface area contributed by atoms with Gasteiger partial charge in [-0.2, -0.15) is 13.2 Å². The van der Waals surface area contributed by atoms with Gasteiger partial charge in [-0.25, -0.2) is 14.2 Å². The van der Waals surface area contributed by atoms with Crippen molar-refractivity contribution in [3.05, 3.63) is 51.7 Å². The number of aryl methyl sites for hydroxylation is 1. The maximum atomic E-state index is 13.7. The predicted molar refractivity (Wildman–Crippen MR) is 123 cm³/mol. The van der Waals surface area contributed by atoms with Gasteiger partial charge in [0.05, 0.1) is 24.5 Å². The third kappa shape index (κ3) is 6.49. The SMILES string of the molecule is Cc1ccc(F)cc1Oc1cc(N(CCC(F)(F)F)C(=O)OC(C)(C)C)c2ncc(I)n2c1. The molecule has 0 bridgehead atoms. The number of hydrogen-bond acceptors (Lipinski definition) is 4. The molecule has 0 spiro atoms. The Hall–Kier alpha value is -2.57. The summed E-state index contributed by atoms with van der Waals surface area (Å²) in [5.41, 5.74) is 0.0404. The summed E-state index contributed by atoms with van der Waals surface area (Å²) < 4.78 is 66.3. The molecule has 6 nitrogen and oxygen atoms in total. The summed E-state index contributed by atoms with van der Waals surface area (Å²) >= 11 is 2.00. The highest BCUT2D eigenvalue weighted by Crippen LogP contribution is 2.34. The van der Waals surface area contributed by atoms with Crippen molar-refractivity contribution in [1.29, 1.82) is 0 Å². The summed E-state index contributed by atoms with van der Waals surface area (Å²) in [6.07, 6.45) is -3.62. The fraction of sp³-hybridized carbons (Fsp3) is 0.364. The van der Waals surface area contributed by atoms with Crippen molar-refractivity contribution in [3.8, 4) is 11.5 Å². The fourth-order valence-electron chi connectivity index (χ4n) is 2.95. The van der Waals surface area contributed by atoms with Crippen LogP contribution in [0.2, 0.25) is 0 Å². The average Bonchev–Trinajstić information content (AvgIpc) is 3.03. The highest BCUT2D eigenvalue weighted by molar-refractivity contribution is 14.1. The maximum Gasteiger partial charge on any atom is 0.414 e. The number of hydrogen-bond donors (Lipinski definition) is 0. The topological polar surface area (TPSA) is 56.1 Å². The highest BCUT2D eigenvalue weighted by atomic mass is 127. The number of amides is 1. The average molecular weight is 579 g/mol. The Balaban J connectivity index is 2.11. The lowest BCUT2D eigenvalue weighted by molar-refractivity contribution is -0.132. The number of ether oxygens (including phenoxy) is 2. The molecule has 3 rings (SSSR count). The smallest absolute Gasteiger partial charge is 0.414 e. The van der Waals surface area contributed by atoms with Crippen molar-refractivity contribution in [3.63, 3.8) is 0 Å². The zero-order chi connectivity index (χ0) is 24.6. The van der Waals surface area contributed by atoms with Gasteiger partial charge in [0.1, 0.15) is 26.6 Å². The number of aromatic nitrogens is 2. The van der Waals surface area contributed by atoms with Gasteiger partial charge < -0.3 is 9.47 Å². The summed E-state index contributed by atoms with van der Waals surface area (Å²) in [5.74, 6) is -0.0908. The van der Waals surface area contributed by atoms with E-state index in [1.54, 1.807) is 44.4 Å². The molecular formula is C22H22F4IN3O3. The van der Waals surface area contributed by atoms with Crippen LogP contribution in [0.15, 0.2) is 36.7 Å². The van der Waals surface area contributed by atoms with E-state index in [1.165, 1.54) is 24.4 Å². The van der Waals surface area contributed by atoms with E-state index in [0.29, 0.717) is 9.26 Å². The van der Waals surface area contributed by atoms with Crippen LogP contribution >= 0.6 is 22.6 Å². The Labute approximate surface area is 201 Å². The summed E-state index contributed by atoms with van der Waals surface area (Å²) in [4.78, 5) is 18.0. The molecule has 0 unspecified atom stereocenters. The molecule has 3 aromatic rings. The number of anilines is 1. The highest BCUT2D eigenvalue weighted by Gasteiger charge is 2.33. The van der Waals surface area contributed by atoms with Crippen LogP contribution in [-0.2, 0) is 4.74 Å². The van der Waals surface area contributed by atoms with Crippen LogP contribution in [0.25, 0.3) is 5.65 Å². The second-order valence-electron chi connectivity index (χ2n) is 8.34. The van der Waals surface area contributed by atoms with Crippen molar-refractivity contribution < 1.29 is 31.8 Å². The molecule has 0 fully saturated rings. The Morgan fingerprint density at radius 2 is 1.91 bits per heavy atom. The Morgan fingerprint density at radius 3 is 2.55 bits per heavy atom. The zero-order valence-electron chi connectivity index (χ0n) is 18.3. The predicted octanol–water partition coefficient (Wildman–Crippen LogP) is 6.87. The van der Waals surface area contributed by atoms with E-state index in [9.17, 15) is 22.4 Å². The first kappa shape index (κ1) is 25.1. The lowest BCUT2D eigenvalue weighted by Gasteiger charge is -2.28. The number of rotatable bonds is 5. The number of pyridine rings is 1. The molecule has 0 radical (unpaired) electrons. The molecule has 0 aliphatic rings. The monoisotopic (exact) mass is 579 g/mol. The number of carbonyl (C=O) groups excluding carboxylic acids is 1. The number of halogens is 5. The van der Waals surface area contributed by atoms with Crippen LogP contribution in [-0.4, -0.2) is 33.8 Å².